The van der Waals surface area contributed by atoms with Crippen molar-refractivity contribution in [3.8, 4) is 0 Å². The second-order valence-electron chi connectivity index (χ2n) is 3.12. The Kier molecular flexibility index (Phi) is 3.13. The van der Waals surface area contributed by atoms with E-state index in [4.69, 9.17) is 9.84 Å². The molecule has 0 aromatic rings. The van der Waals surface area contributed by atoms with Crippen LogP contribution >= 0.6 is 0 Å². The summed E-state index contributed by atoms with van der Waals surface area (Å²) in [6.45, 7) is 5.32. The first kappa shape index (κ1) is 11.0. The Labute approximate surface area is 79.8 Å². The van der Waals surface area contributed by atoms with Gasteiger partial charge in [0.05, 0.1) is 6.10 Å². The molecule has 0 amide bonds. The van der Waals surface area contributed by atoms with E-state index in [1.54, 1.807) is 20.8 Å². The summed E-state index contributed by atoms with van der Waals surface area (Å²) in [6.07, 6.45) is -0.389. The van der Waals surface area contributed by atoms with E-state index in [9.17, 15) is 4.79 Å². The minimum atomic E-state index is -0.586. The van der Waals surface area contributed by atoms with E-state index < -0.39 is 11.4 Å². The zero-order chi connectivity index (χ0) is 7.94. The molecule has 1 N–H and O–H groups in total. The van der Waals surface area contributed by atoms with E-state index in [0.717, 1.165) is 0 Å². The maximum absolute atomic E-state index is 10.7. The molecule has 1 saturated heterocycles. The fourth-order valence-corrected chi connectivity index (χ4v) is 0.819. The van der Waals surface area contributed by atoms with Crippen molar-refractivity contribution in [1.82, 2.24) is 0 Å². The van der Waals surface area contributed by atoms with Crippen molar-refractivity contribution in [3.05, 3.63) is 6.10 Å². The van der Waals surface area contributed by atoms with Gasteiger partial charge in [-0.3, -0.25) is 4.79 Å². The Hall–Kier alpha value is -0.0377. The quantitative estimate of drug-likeness (QED) is 0.530. The molecule has 0 bridgehead atoms. The molecule has 1 radical (unpaired) electrons. The molecule has 4 heteroatoms. The van der Waals surface area contributed by atoms with Crippen molar-refractivity contribution in [2.24, 2.45) is 5.41 Å². The molecular weight excluding hydrogens is 318 g/mol. The van der Waals surface area contributed by atoms with Crippen LogP contribution in [0.4, 0.5) is 0 Å². The fourth-order valence-electron chi connectivity index (χ4n) is 0.819. The minimum absolute atomic E-state index is 0. The first-order chi connectivity index (χ1) is 4.46. The van der Waals surface area contributed by atoms with Crippen LogP contribution in [0.3, 0.4) is 0 Å². The molecule has 0 aromatic carbocycles. The van der Waals surface area contributed by atoms with Gasteiger partial charge in [0.2, 0.25) is 0 Å². The summed E-state index contributed by atoms with van der Waals surface area (Å²) in [5.41, 5.74) is -0.517. The number of aliphatic hydroxyl groups excluding tert-OH is 1. The number of carbonyl (C=O) groups is 1. The molecule has 1 aliphatic rings. The summed E-state index contributed by atoms with van der Waals surface area (Å²) in [5.74, 6) is -0.586. The average molecular weight is 329 g/mol. The summed E-state index contributed by atoms with van der Waals surface area (Å²) in [4.78, 5) is 10.7. The molecule has 1 atom stereocenters. The smallest absolute Gasteiger partial charge is 0.194 e. The number of ether oxygens (including phenoxy) is 1. The summed E-state index contributed by atoms with van der Waals surface area (Å²) in [7, 11) is 0. The van der Waals surface area contributed by atoms with Gasteiger partial charge < -0.3 is 9.84 Å². The Morgan fingerprint density at radius 1 is 1.64 bits per heavy atom. The van der Waals surface area contributed by atoms with Crippen LogP contribution in [-0.2, 0) is 30.0 Å². The fraction of sp³-hybridized carbons (Fsp3) is 0.714. The van der Waals surface area contributed by atoms with Crippen LogP contribution in [0.15, 0.2) is 0 Å². The largest absolute Gasteiger partial charge is 0.533 e. The standard InChI is InChI=1S/C7H11O3.Re/c1-4-7(2,3)5(8)6(9)10-4;/h4,8H,1-3H3;/q-1;. The molecule has 0 aromatic heterocycles. The molecule has 1 aliphatic heterocycles. The van der Waals surface area contributed by atoms with Crippen LogP contribution in [0.5, 0.6) is 0 Å². The zero-order valence-electron chi connectivity index (χ0n) is 6.72. The molecular formula is C7H11O3Re-. The Balaban J connectivity index is 0.000001000. The number of esters is 1. The first-order valence-corrected chi connectivity index (χ1v) is 3.23. The molecule has 1 fully saturated rings. The van der Waals surface area contributed by atoms with Crippen LogP contribution in [0.1, 0.15) is 20.8 Å². The molecule has 1 heterocycles. The molecule has 1 rings (SSSR count). The monoisotopic (exact) mass is 330 g/mol. The Morgan fingerprint density at radius 2 is 2.09 bits per heavy atom. The summed E-state index contributed by atoms with van der Waals surface area (Å²) >= 11 is 0. The predicted molar refractivity (Wildman–Crippen MR) is 34.5 cm³/mol. The third kappa shape index (κ3) is 1.58. The van der Waals surface area contributed by atoms with E-state index in [-0.39, 0.29) is 32.6 Å². The molecule has 1 unspecified atom stereocenters. The van der Waals surface area contributed by atoms with Crippen molar-refractivity contribution < 1.29 is 35.1 Å². The van der Waals surface area contributed by atoms with Gasteiger partial charge in [0.1, 0.15) is 0 Å². The Bertz CT molecular complexity index is 167. The van der Waals surface area contributed by atoms with E-state index >= 15 is 0 Å². The zero-order valence-corrected chi connectivity index (χ0v) is 9.43. The van der Waals surface area contributed by atoms with Gasteiger partial charge in [-0.15, -0.1) is 6.10 Å². The average Bonchev–Trinajstić information content (AvgIpc) is 1.97. The van der Waals surface area contributed by atoms with Crippen LogP contribution in [0, 0.1) is 11.5 Å². The van der Waals surface area contributed by atoms with Crippen molar-refractivity contribution in [1.29, 1.82) is 0 Å². The maximum atomic E-state index is 10.7. The summed E-state index contributed by atoms with van der Waals surface area (Å²) < 4.78 is 4.76. The van der Waals surface area contributed by atoms with Gasteiger partial charge in [0, 0.05) is 20.4 Å². The van der Waals surface area contributed by atoms with Gasteiger partial charge in [-0.2, -0.15) is 0 Å². The first-order valence-electron chi connectivity index (χ1n) is 3.23. The van der Waals surface area contributed by atoms with E-state index in [0.29, 0.717) is 0 Å². The third-order valence-electron chi connectivity index (χ3n) is 2.10. The molecule has 11 heavy (non-hydrogen) atoms. The van der Waals surface area contributed by atoms with E-state index in [1.165, 1.54) is 0 Å². The van der Waals surface area contributed by atoms with Crippen LogP contribution < -0.4 is 0 Å². The molecule has 0 aliphatic carbocycles. The van der Waals surface area contributed by atoms with Crippen molar-refractivity contribution >= 4 is 5.97 Å². The summed E-state index contributed by atoms with van der Waals surface area (Å²) in [5, 5.41) is 9.14. The maximum Gasteiger partial charge on any atom is 0.194 e. The Morgan fingerprint density at radius 3 is 2.18 bits per heavy atom. The number of rotatable bonds is 0. The van der Waals surface area contributed by atoms with Gasteiger partial charge in [-0.05, 0) is 6.92 Å². The minimum Gasteiger partial charge on any atom is -0.533 e. The van der Waals surface area contributed by atoms with Gasteiger partial charge in [-0.1, -0.05) is 19.3 Å². The summed E-state index contributed by atoms with van der Waals surface area (Å²) in [6, 6.07) is 0. The topological polar surface area (TPSA) is 46.5 Å². The van der Waals surface area contributed by atoms with Crippen LogP contribution in [0.2, 0.25) is 0 Å². The van der Waals surface area contributed by atoms with Gasteiger partial charge in [-0.25, -0.2) is 0 Å². The van der Waals surface area contributed by atoms with Crippen molar-refractivity contribution in [2.75, 3.05) is 0 Å². The number of cyclic esters (lactones) is 1. The molecule has 0 saturated carbocycles. The predicted octanol–water partition coefficient (Wildman–Crippen LogP) is 0.860. The van der Waals surface area contributed by atoms with Gasteiger partial charge in [0.15, 0.2) is 5.97 Å². The third-order valence-corrected chi connectivity index (χ3v) is 2.10. The molecule has 65 valence electrons. The van der Waals surface area contributed by atoms with E-state index in [1.807, 2.05) is 0 Å². The van der Waals surface area contributed by atoms with Crippen LogP contribution in [-0.4, -0.2) is 17.2 Å². The number of hydrogen-bond acceptors (Lipinski definition) is 3. The second-order valence-corrected chi connectivity index (χ2v) is 3.12. The molecule has 0 spiro atoms. The SMILES string of the molecule is CC1OC(=O)[C-](O)C1(C)C.[Re]. The molecule has 3 nitrogen and oxygen atoms in total. The van der Waals surface area contributed by atoms with E-state index in [2.05, 4.69) is 0 Å². The number of hydrogen-bond donors (Lipinski definition) is 1. The number of aliphatic hydroxyl groups is 1. The van der Waals surface area contributed by atoms with Crippen molar-refractivity contribution in [3.63, 3.8) is 0 Å². The normalized spacial score (nSPS) is 27.8. The van der Waals surface area contributed by atoms with Crippen molar-refractivity contribution in [2.45, 2.75) is 26.9 Å². The second kappa shape index (κ2) is 3.14. The van der Waals surface area contributed by atoms with Gasteiger partial charge in [0.25, 0.3) is 0 Å². The van der Waals surface area contributed by atoms with Gasteiger partial charge >= 0.3 is 0 Å². The van der Waals surface area contributed by atoms with Crippen LogP contribution in [0.25, 0.3) is 0 Å². The number of carbonyl (C=O) groups excluding carboxylic acids is 1.